The van der Waals surface area contributed by atoms with E-state index in [1.807, 2.05) is 0 Å². The molecule has 0 unspecified atom stereocenters. The van der Waals surface area contributed by atoms with Crippen LogP contribution < -0.4 is 17.0 Å². The van der Waals surface area contributed by atoms with Gasteiger partial charge in [-0.15, -0.1) is 0 Å². The van der Waals surface area contributed by atoms with Gasteiger partial charge in [-0.25, -0.2) is 0 Å². The summed E-state index contributed by atoms with van der Waals surface area (Å²) in [5.74, 6) is 0. The molecular formula is C24H52BrNO3. The third kappa shape index (κ3) is 20.0. The summed E-state index contributed by atoms with van der Waals surface area (Å²) in [6.45, 7) is 5.53. The quantitative estimate of drug-likeness (QED) is 0.154. The molecule has 0 rings (SSSR count). The second-order valence-corrected chi connectivity index (χ2v) is 8.71. The van der Waals surface area contributed by atoms with Gasteiger partial charge in [-0.1, -0.05) is 96.8 Å². The lowest BCUT2D eigenvalue weighted by atomic mass is 10.0. The van der Waals surface area contributed by atoms with E-state index in [0.29, 0.717) is 24.1 Å². The summed E-state index contributed by atoms with van der Waals surface area (Å²) in [5, 5.41) is 27.9. The van der Waals surface area contributed by atoms with E-state index in [2.05, 4.69) is 6.92 Å². The average Bonchev–Trinajstić information content (AvgIpc) is 2.68. The van der Waals surface area contributed by atoms with Crippen molar-refractivity contribution in [2.45, 2.75) is 110 Å². The SMILES string of the molecule is CCCCCCCCCCCCCCCCCC[N+](CCO)(CCO)CCO.[Br-]. The topological polar surface area (TPSA) is 60.7 Å². The van der Waals surface area contributed by atoms with Gasteiger partial charge in [0.05, 0.1) is 26.4 Å². The van der Waals surface area contributed by atoms with E-state index in [9.17, 15) is 15.3 Å². The first-order valence-electron chi connectivity index (χ1n) is 12.4. The minimum absolute atomic E-state index is 0. The van der Waals surface area contributed by atoms with Gasteiger partial charge in [0.2, 0.25) is 0 Å². The number of hydrogen-bond donors (Lipinski definition) is 3. The average molecular weight is 483 g/mol. The Morgan fingerprint density at radius 2 is 0.690 bits per heavy atom. The summed E-state index contributed by atoms with van der Waals surface area (Å²) >= 11 is 0. The van der Waals surface area contributed by atoms with Crippen LogP contribution in [0.5, 0.6) is 0 Å². The standard InChI is InChI=1S/C24H52NO3.BrH/c1-2-3-4-5-6-7-8-9-10-11-12-13-14-15-16-17-18-25(19-22-26,20-23-27)21-24-28;/h26-28H,2-24H2,1H3;1H/q+1;/p-1. The number of unbranched alkanes of at least 4 members (excludes halogenated alkanes) is 15. The molecule has 0 aliphatic carbocycles. The Bertz CT molecular complexity index is 289. The van der Waals surface area contributed by atoms with Crippen LogP contribution in [0.15, 0.2) is 0 Å². The zero-order chi connectivity index (χ0) is 20.8. The van der Waals surface area contributed by atoms with Crippen molar-refractivity contribution < 1.29 is 36.8 Å². The number of quaternary nitrogens is 1. The monoisotopic (exact) mass is 481 g/mol. The fourth-order valence-electron chi connectivity index (χ4n) is 4.30. The van der Waals surface area contributed by atoms with Crippen molar-refractivity contribution in [2.24, 2.45) is 0 Å². The molecule has 0 radical (unpaired) electrons. The van der Waals surface area contributed by atoms with Crippen LogP contribution >= 0.6 is 0 Å². The molecule has 0 aromatic heterocycles. The van der Waals surface area contributed by atoms with Crippen molar-refractivity contribution in [1.82, 2.24) is 0 Å². The molecule has 0 spiro atoms. The second kappa shape index (κ2) is 24.6. The van der Waals surface area contributed by atoms with E-state index in [0.717, 1.165) is 13.0 Å². The Hall–Kier alpha value is 0.320. The minimum atomic E-state index is 0. The lowest BCUT2D eigenvalue weighted by molar-refractivity contribution is -0.929. The normalized spacial score (nSPS) is 11.6. The molecule has 4 nitrogen and oxygen atoms in total. The van der Waals surface area contributed by atoms with E-state index in [1.165, 1.54) is 96.3 Å². The summed E-state index contributed by atoms with van der Waals surface area (Å²) in [6.07, 6.45) is 21.9. The molecule has 178 valence electrons. The number of hydrogen-bond acceptors (Lipinski definition) is 3. The number of nitrogens with zero attached hydrogens (tertiary/aromatic N) is 1. The van der Waals surface area contributed by atoms with Crippen molar-refractivity contribution in [3.05, 3.63) is 0 Å². The van der Waals surface area contributed by atoms with Crippen LogP contribution in [0.4, 0.5) is 0 Å². The summed E-state index contributed by atoms with van der Waals surface area (Å²) in [6, 6.07) is 0. The maximum Gasteiger partial charge on any atom is 0.102 e. The highest BCUT2D eigenvalue weighted by Gasteiger charge is 2.25. The molecular weight excluding hydrogens is 430 g/mol. The Balaban J connectivity index is 0. The van der Waals surface area contributed by atoms with E-state index in [4.69, 9.17) is 0 Å². The van der Waals surface area contributed by atoms with E-state index >= 15 is 0 Å². The third-order valence-electron chi connectivity index (χ3n) is 6.21. The first-order chi connectivity index (χ1) is 13.7. The van der Waals surface area contributed by atoms with Gasteiger partial charge in [0.1, 0.15) is 19.6 Å². The fraction of sp³-hybridized carbons (Fsp3) is 1.00. The number of aliphatic hydroxyl groups is 3. The Kier molecular flexibility index (Phi) is 26.7. The highest BCUT2D eigenvalue weighted by molar-refractivity contribution is 4.51. The Labute approximate surface area is 192 Å². The highest BCUT2D eigenvalue weighted by atomic mass is 79.9. The number of aliphatic hydroxyl groups excluding tert-OH is 3. The lowest BCUT2D eigenvalue weighted by Crippen LogP contribution is -3.00. The molecule has 0 aromatic rings. The number of rotatable bonds is 23. The highest BCUT2D eigenvalue weighted by Crippen LogP contribution is 2.15. The van der Waals surface area contributed by atoms with Crippen molar-refractivity contribution in [3.63, 3.8) is 0 Å². The van der Waals surface area contributed by atoms with Gasteiger partial charge in [-0.3, -0.25) is 0 Å². The van der Waals surface area contributed by atoms with Crippen LogP contribution in [0.3, 0.4) is 0 Å². The van der Waals surface area contributed by atoms with Crippen LogP contribution in [0.2, 0.25) is 0 Å². The predicted octanol–water partition coefficient (Wildman–Crippen LogP) is 2.05. The van der Waals surface area contributed by atoms with E-state index < -0.39 is 0 Å². The number of halogens is 1. The van der Waals surface area contributed by atoms with Crippen molar-refractivity contribution in [3.8, 4) is 0 Å². The second-order valence-electron chi connectivity index (χ2n) is 8.71. The van der Waals surface area contributed by atoms with Gasteiger partial charge in [0, 0.05) is 0 Å². The summed E-state index contributed by atoms with van der Waals surface area (Å²) in [4.78, 5) is 0. The summed E-state index contributed by atoms with van der Waals surface area (Å²) in [7, 11) is 0. The fourth-order valence-corrected chi connectivity index (χ4v) is 4.30. The molecule has 0 heterocycles. The predicted molar refractivity (Wildman–Crippen MR) is 121 cm³/mol. The smallest absolute Gasteiger partial charge is 0.102 e. The Morgan fingerprint density at radius 3 is 0.966 bits per heavy atom. The van der Waals surface area contributed by atoms with Crippen LogP contribution in [-0.2, 0) is 0 Å². The third-order valence-corrected chi connectivity index (χ3v) is 6.21. The lowest BCUT2D eigenvalue weighted by Gasteiger charge is -2.37. The molecule has 0 aromatic carbocycles. The van der Waals surface area contributed by atoms with E-state index in [1.54, 1.807) is 0 Å². The molecule has 0 saturated carbocycles. The molecule has 0 bridgehead atoms. The van der Waals surface area contributed by atoms with Crippen LogP contribution in [0, 0.1) is 0 Å². The summed E-state index contributed by atoms with van der Waals surface area (Å²) in [5.41, 5.74) is 0. The summed E-state index contributed by atoms with van der Waals surface area (Å²) < 4.78 is 0.655. The minimum Gasteiger partial charge on any atom is -1.00 e. The first kappa shape index (κ1) is 31.5. The molecule has 0 amide bonds. The van der Waals surface area contributed by atoms with Crippen LogP contribution in [0.25, 0.3) is 0 Å². The van der Waals surface area contributed by atoms with Crippen molar-refractivity contribution >= 4 is 0 Å². The molecule has 3 N–H and O–H groups in total. The van der Waals surface area contributed by atoms with Crippen molar-refractivity contribution in [1.29, 1.82) is 0 Å². The van der Waals surface area contributed by atoms with Gasteiger partial charge < -0.3 is 36.8 Å². The molecule has 0 atom stereocenters. The van der Waals surface area contributed by atoms with Gasteiger partial charge in [-0.2, -0.15) is 0 Å². The molecule has 0 aliphatic rings. The molecule has 0 aliphatic heterocycles. The first-order valence-corrected chi connectivity index (χ1v) is 12.4. The Morgan fingerprint density at radius 1 is 0.414 bits per heavy atom. The molecule has 0 fully saturated rings. The molecule has 29 heavy (non-hydrogen) atoms. The van der Waals surface area contributed by atoms with Gasteiger partial charge >= 0.3 is 0 Å². The molecule has 0 saturated heterocycles. The van der Waals surface area contributed by atoms with Gasteiger partial charge in [-0.05, 0) is 12.8 Å². The van der Waals surface area contributed by atoms with Gasteiger partial charge in [0.15, 0.2) is 0 Å². The zero-order valence-electron chi connectivity index (χ0n) is 19.4. The van der Waals surface area contributed by atoms with Crippen LogP contribution in [0.1, 0.15) is 110 Å². The van der Waals surface area contributed by atoms with Crippen LogP contribution in [-0.4, -0.2) is 65.8 Å². The largest absolute Gasteiger partial charge is 1.00 e. The maximum atomic E-state index is 9.31. The van der Waals surface area contributed by atoms with Crippen molar-refractivity contribution in [2.75, 3.05) is 46.0 Å². The maximum absolute atomic E-state index is 9.31. The zero-order valence-corrected chi connectivity index (χ0v) is 21.0. The van der Waals surface area contributed by atoms with Gasteiger partial charge in [0.25, 0.3) is 0 Å². The van der Waals surface area contributed by atoms with E-state index in [-0.39, 0.29) is 36.8 Å². The molecule has 5 heteroatoms.